The first-order valence-electron chi connectivity index (χ1n) is 6.28. The third kappa shape index (κ3) is 4.97. The van der Waals surface area contributed by atoms with Crippen molar-refractivity contribution in [1.82, 2.24) is 19.5 Å². The summed E-state index contributed by atoms with van der Waals surface area (Å²) in [5, 5.41) is 9.89. The number of nitrogens with zero attached hydrogens (tertiary/aromatic N) is 4. The molecule has 0 bridgehead atoms. The molecule has 1 saturated heterocycles. The molecular formula is C10H12N5Na2O6P. The molecule has 1 aliphatic heterocycles. The monoisotopic (exact) mass is 375 g/mol. The maximum atomic E-state index is 10.5. The third-order valence-electron chi connectivity index (χ3n) is 3.30. The molecule has 3 atom stereocenters. The number of imidazole rings is 1. The molecule has 3 heterocycles. The number of phosphoric acid groups is 1. The van der Waals surface area contributed by atoms with Gasteiger partial charge >= 0.3 is 59.1 Å². The number of nitrogens with two attached hydrogens (primary N) is 1. The third-order valence-corrected chi connectivity index (χ3v) is 3.76. The van der Waals surface area contributed by atoms with E-state index in [4.69, 9.17) is 10.5 Å². The molecule has 3 N–H and O–H groups in total. The van der Waals surface area contributed by atoms with Crippen LogP contribution in [0.1, 0.15) is 12.6 Å². The van der Waals surface area contributed by atoms with Crippen LogP contribution in [0.25, 0.3) is 11.2 Å². The number of phosphoric ester groups is 1. The van der Waals surface area contributed by atoms with Gasteiger partial charge in [-0.05, 0) is 0 Å². The maximum Gasteiger partial charge on any atom is 1.00 e. The number of aromatic nitrogens is 4. The molecule has 0 spiro atoms. The summed E-state index contributed by atoms with van der Waals surface area (Å²) in [6.45, 7) is -0.550. The standard InChI is InChI=1S/C10H14N5O6P.2Na/c11-9-8-10(13-3-12-9)15(4-14-8)7-1-5(16)6(21-7)2-20-22(17,18)19;;/h3-7,16H,1-2H2,(H2,11,12,13)(H2,17,18,19);;/q;2*+1/p-2/t5-,6+,7+;;/m0../s1. The molecule has 120 valence electrons. The van der Waals surface area contributed by atoms with Gasteiger partial charge in [-0.1, -0.05) is 0 Å². The van der Waals surface area contributed by atoms with Crippen molar-refractivity contribution >= 4 is 24.8 Å². The van der Waals surface area contributed by atoms with Crippen LogP contribution in [-0.2, 0) is 13.8 Å². The number of aliphatic hydroxyl groups excluding tert-OH is 1. The normalized spacial score (nSPS) is 23.7. The molecule has 2 aromatic heterocycles. The second-order valence-electron chi connectivity index (χ2n) is 4.76. The average molecular weight is 375 g/mol. The minimum absolute atomic E-state index is 0. The van der Waals surface area contributed by atoms with Crippen LogP contribution in [0, 0.1) is 0 Å². The molecule has 0 saturated carbocycles. The van der Waals surface area contributed by atoms with E-state index in [-0.39, 0.29) is 71.4 Å². The van der Waals surface area contributed by atoms with Gasteiger partial charge in [-0.2, -0.15) is 0 Å². The number of ether oxygens (including phenoxy) is 1. The Kier molecular flexibility index (Phi) is 8.27. The zero-order valence-electron chi connectivity index (χ0n) is 13.1. The molecular weight excluding hydrogens is 363 g/mol. The summed E-state index contributed by atoms with van der Waals surface area (Å²) in [5.41, 5.74) is 6.49. The molecule has 0 radical (unpaired) electrons. The molecule has 24 heavy (non-hydrogen) atoms. The van der Waals surface area contributed by atoms with Gasteiger partial charge in [0.05, 0.1) is 26.9 Å². The Hall–Kier alpha value is 0.380. The Morgan fingerprint density at radius 1 is 1.42 bits per heavy atom. The Bertz CT molecular complexity index is 742. The zero-order chi connectivity index (χ0) is 15.9. The van der Waals surface area contributed by atoms with Gasteiger partial charge in [0, 0.05) is 6.42 Å². The summed E-state index contributed by atoms with van der Waals surface area (Å²) in [7, 11) is -5.12. The minimum atomic E-state index is -5.12. The Balaban J connectivity index is 0.00000144. The van der Waals surface area contributed by atoms with Crippen LogP contribution in [0.15, 0.2) is 12.7 Å². The van der Waals surface area contributed by atoms with E-state index in [1.54, 1.807) is 4.57 Å². The fourth-order valence-corrected chi connectivity index (χ4v) is 2.61. The number of nitrogen functional groups attached to an aromatic ring is 1. The molecule has 0 amide bonds. The van der Waals surface area contributed by atoms with Gasteiger partial charge in [-0.25, -0.2) is 15.0 Å². The van der Waals surface area contributed by atoms with Gasteiger partial charge in [0.25, 0.3) is 0 Å². The fourth-order valence-electron chi connectivity index (χ4n) is 2.28. The second-order valence-corrected chi connectivity index (χ2v) is 5.91. The van der Waals surface area contributed by atoms with Crippen LogP contribution in [-0.4, -0.2) is 43.4 Å². The quantitative estimate of drug-likeness (QED) is 0.386. The van der Waals surface area contributed by atoms with Crippen molar-refractivity contribution in [2.45, 2.75) is 24.9 Å². The summed E-state index contributed by atoms with van der Waals surface area (Å²) < 4.78 is 21.7. The smallest absolute Gasteiger partial charge is 0.790 e. The number of rotatable bonds is 4. The summed E-state index contributed by atoms with van der Waals surface area (Å²) in [6.07, 6.45) is 0.285. The predicted molar refractivity (Wildman–Crippen MR) is 67.8 cm³/mol. The Morgan fingerprint density at radius 3 is 2.79 bits per heavy atom. The van der Waals surface area contributed by atoms with Gasteiger partial charge in [0.15, 0.2) is 11.5 Å². The predicted octanol–water partition coefficient (Wildman–Crippen LogP) is -8.09. The zero-order valence-corrected chi connectivity index (χ0v) is 18.0. The Labute approximate surface area is 180 Å². The first kappa shape index (κ1) is 22.4. The van der Waals surface area contributed by atoms with Crippen LogP contribution < -0.4 is 74.6 Å². The minimum Gasteiger partial charge on any atom is -0.790 e. The number of fused-ring (bicyclic) bond motifs is 1. The van der Waals surface area contributed by atoms with E-state index < -0.39 is 32.9 Å². The van der Waals surface area contributed by atoms with E-state index >= 15 is 0 Å². The number of hydrogen-bond acceptors (Lipinski definition) is 10. The first-order chi connectivity index (χ1) is 10.3. The second kappa shape index (κ2) is 8.85. The van der Waals surface area contributed by atoms with Crippen molar-refractivity contribution in [1.29, 1.82) is 0 Å². The van der Waals surface area contributed by atoms with E-state index in [9.17, 15) is 19.5 Å². The van der Waals surface area contributed by atoms with Gasteiger partial charge < -0.3 is 34.5 Å². The molecule has 11 nitrogen and oxygen atoms in total. The molecule has 3 rings (SSSR count). The molecule has 1 fully saturated rings. The summed E-state index contributed by atoms with van der Waals surface area (Å²) in [5.74, 6) is 0.209. The fraction of sp³-hybridized carbons (Fsp3) is 0.500. The molecule has 0 unspecified atom stereocenters. The van der Waals surface area contributed by atoms with Crippen molar-refractivity contribution in [3.63, 3.8) is 0 Å². The van der Waals surface area contributed by atoms with E-state index in [0.717, 1.165) is 0 Å². The topological polar surface area (TPSA) is 172 Å². The van der Waals surface area contributed by atoms with E-state index in [1.165, 1.54) is 12.7 Å². The molecule has 1 aliphatic rings. The van der Waals surface area contributed by atoms with Crippen molar-refractivity contribution in [2.24, 2.45) is 0 Å². The summed E-state index contributed by atoms with van der Waals surface area (Å²) in [6, 6.07) is 0. The number of hydrogen-bond donors (Lipinski definition) is 2. The molecule has 14 heteroatoms. The van der Waals surface area contributed by atoms with Crippen LogP contribution in [0.5, 0.6) is 0 Å². The van der Waals surface area contributed by atoms with E-state index in [1.807, 2.05) is 0 Å². The van der Waals surface area contributed by atoms with Gasteiger partial charge in [0.1, 0.15) is 24.2 Å². The largest absolute Gasteiger partial charge is 1.00 e. The van der Waals surface area contributed by atoms with Crippen molar-refractivity contribution in [2.75, 3.05) is 12.3 Å². The van der Waals surface area contributed by atoms with Crippen LogP contribution in [0.4, 0.5) is 5.82 Å². The Morgan fingerprint density at radius 2 is 2.12 bits per heavy atom. The van der Waals surface area contributed by atoms with E-state index in [0.29, 0.717) is 11.2 Å². The molecule has 0 aromatic carbocycles. The molecule has 2 aromatic rings. The summed E-state index contributed by atoms with van der Waals surface area (Å²) in [4.78, 5) is 32.9. The van der Waals surface area contributed by atoms with Crippen LogP contribution in [0.3, 0.4) is 0 Å². The summed E-state index contributed by atoms with van der Waals surface area (Å²) >= 11 is 0. The van der Waals surface area contributed by atoms with Crippen LogP contribution >= 0.6 is 7.82 Å². The van der Waals surface area contributed by atoms with Crippen molar-refractivity contribution in [3.05, 3.63) is 12.7 Å². The van der Waals surface area contributed by atoms with Crippen molar-refractivity contribution < 1.29 is 87.8 Å². The van der Waals surface area contributed by atoms with Crippen molar-refractivity contribution in [3.8, 4) is 0 Å². The van der Waals surface area contributed by atoms with Gasteiger partial charge in [-0.3, -0.25) is 4.57 Å². The number of aliphatic hydroxyl groups is 1. The maximum absolute atomic E-state index is 10.5. The van der Waals surface area contributed by atoms with Crippen LogP contribution in [0.2, 0.25) is 0 Å². The average Bonchev–Trinajstić information content (AvgIpc) is 3.00. The van der Waals surface area contributed by atoms with Gasteiger partial charge in [-0.15, -0.1) is 0 Å². The van der Waals surface area contributed by atoms with Gasteiger partial charge in [0.2, 0.25) is 0 Å². The van der Waals surface area contributed by atoms with E-state index in [2.05, 4.69) is 19.5 Å². The number of anilines is 1. The molecule has 0 aliphatic carbocycles. The first-order valence-corrected chi connectivity index (χ1v) is 7.74. The SMILES string of the molecule is Nc1ncnc2c1ncn2[C@H]1C[C@H](O)[C@@H](COP(=O)([O-])[O-])O1.[Na+].[Na+].